The van der Waals surface area contributed by atoms with Gasteiger partial charge in [-0.3, -0.25) is 0 Å². The largest absolute Gasteiger partial charge is 0.356 e. The molecule has 0 aliphatic rings. The van der Waals surface area contributed by atoms with Gasteiger partial charge in [0.1, 0.15) is 0 Å². The van der Waals surface area contributed by atoms with E-state index in [2.05, 4.69) is 140 Å². The molecule has 0 aliphatic carbocycles. The molecule has 0 unspecified atom stereocenters. The molecule has 7 rings (SSSR count). The molecule has 176 valence electrons. The highest BCUT2D eigenvalue weighted by Crippen LogP contribution is 2.42. The molecule has 0 saturated carbocycles. The molecule has 2 heteroatoms. The minimum atomic E-state index is 1.09. The molecule has 0 spiro atoms. The smallest absolute Gasteiger partial charge is 0.0434 e. The van der Waals surface area contributed by atoms with Crippen LogP contribution in [-0.2, 0) is 0 Å². The minimum Gasteiger partial charge on any atom is -0.356 e. The quantitative estimate of drug-likeness (QED) is 0.258. The summed E-state index contributed by atoms with van der Waals surface area (Å²) in [5, 5.41) is 8.84. The third-order valence-corrected chi connectivity index (χ3v) is 8.34. The fraction of sp³-hybridized carbons (Fsp3) is 0.0286. The van der Waals surface area contributed by atoms with Crippen molar-refractivity contribution in [3.05, 3.63) is 133 Å². The highest BCUT2D eigenvalue weighted by atomic mass is 32.1. The fourth-order valence-corrected chi connectivity index (χ4v) is 6.43. The second-order valence-electron chi connectivity index (χ2n) is 9.59. The van der Waals surface area contributed by atoms with E-state index in [1.54, 1.807) is 0 Å². The summed E-state index contributed by atoms with van der Waals surface area (Å²) in [6.07, 6.45) is 0. The lowest BCUT2D eigenvalue weighted by Gasteiger charge is -2.11. The van der Waals surface area contributed by atoms with Crippen molar-refractivity contribution in [3.8, 4) is 22.3 Å². The highest BCUT2D eigenvalue weighted by Gasteiger charge is 2.13. The Kier molecular flexibility index (Phi) is 5.27. The first-order valence-electron chi connectivity index (χ1n) is 12.6. The average molecular weight is 492 g/mol. The van der Waals surface area contributed by atoms with Gasteiger partial charge in [0.05, 0.1) is 0 Å². The van der Waals surface area contributed by atoms with Gasteiger partial charge in [-0.15, -0.1) is 11.3 Å². The molecule has 0 amide bonds. The number of hydrogen-bond donors (Lipinski definition) is 1. The van der Waals surface area contributed by atoms with Crippen molar-refractivity contribution in [2.24, 2.45) is 0 Å². The average Bonchev–Trinajstić information content (AvgIpc) is 3.33. The Morgan fingerprint density at radius 1 is 0.486 bits per heavy atom. The number of rotatable bonds is 4. The summed E-state index contributed by atoms with van der Waals surface area (Å²) in [4.78, 5) is 0. The van der Waals surface area contributed by atoms with E-state index < -0.39 is 0 Å². The second kappa shape index (κ2) is 8.92. The van der Waals surface area contributed by atoms with Crippen LogP contribution in [0.5, 0.6) is 0 Å². The van der Waals surface area contributed by atoms with Gasteiger partial charge in [-0.05, 0) is 71.0 Å². The lowest BCUT2D eigenvalue weighted by atomic mass is 9.94. The van der Waals surface area contributed by atoms with Crippen molar-refractivity contribution in [2.45, 2.75) is 6.92 Å². The molecule has 1 heterocycles. The molecular formula is C35H25NS. The van der Waals surface area contributed by atoms with Crippen LogP contribution in [0.1, 0.15) is 5.56 Å². The van der Waals surface area contributed by atoms with Crippen LogP contribution < -0.4 is 5.32 Å². The molecule has 37 heavy (non-hydrogen) atoms. The standard InChI is InChI=1S/C35H25NS/c1-23-13-19-27(20-14-23)36-28-8-6-7-26(21-28)24-15-17-25(18-16-24)32-22-33-30-10-4-5-12-34(30)37-35(33)31-11-3-2-9-29(31)32/h2-22,36H,1H3. The molecule has 0 atom stereocenters. The van der Waals surface area contributed by atoms with Crippen LogP contribution in [0.15, 0.2) is 127 Å². The normalized spacial score (nSPS) is 11.4. The van der Waals surface area contributed by atoms with Crippen molar-refractivity contribution < 1.29 is 0 Å². The molecule has 1 nitrogen and oxygen atoms in total. The molecule has 0 bridgehead atoms. The van der Waals surface area contributed by atoms with Gasteiger partial charge in [0.25, 0.3) is 0 Å². The molecule has 7 aromatic rings. The number of fused-ring (bicyclic) bond motifs is 5. The Labute approximate surface area is 220 Å². The van der Waals surface area contributed by atoms with Crippen LogP contribution in [0.3, 0.4) is 0 Å². The maximum atomic E-state index is 3.53. The summed E-state index contributed by atoms with van der Waals surface area (Å²) >= 11 is 1.89. The molecule has 1 aromatic heterocycles. The summed E-state index contributed by atoms with van der Waals surface area (Å²) in [5.41, 5.74) is 8.39. The monoisotopic (exact) mass is 491 g/mol. The molecule has 0 fully saturated rings. The molecule has 0 radical (unpaired) electrons. The Morgan fingerprint density at radius 3 is 2.00 bits per heavy atom. The highest BCUT2D eigenvalue weighted by molar-refractivity contribution is 7.26. The van der Waals surface area contributed by atoms with Gasteiger partial charge in [-0.2, -0.15) is 0 Å². The first-order chi connectivity index (χ1) is 18.2. The van der Waals surface area contributed by atoms with Gasteiger partial charge < -0.3 is 5.32 Å². The zero-order chi connectivity index (χ0) is 24.8. The Hall–Kier alpha value is -4.40. The third-order valence-electron chi connectivity index (χ3n) is 7.12. The number of aryl methyl sites for hydroxylation is 1. The van der Waals surface area contributed by atoms with E-state index in [-0.39, 0.29) is 0 Å². The zero-order valence-electron chi connectivity index (χ0n) is 20.5. The third kappa shape index (κ3) is 3.96. The fourth-order valence-electron chi connectivity index (χ4n) is 5.21. The summed E-state index contributed by atoms with van der Waals surface area (Å²) < 4.78 is 2.71. The van der Waals surface area contributed by atoms with Crippen molar-refractivity contribution >= 4 is 53.7 Å². The topological polar surface area (TPSA) is 12.0 Å². The van der Waals surface area contributed by atoms with Crippen molar-refractivity contribution in [2.75, 3.05) is 5.32 Å². The maximum Gasteiger partial charge on any atom is 0.0434 e. The van der Waals surface area contributed by atoms with E-state index in [1.807, 2.05) is 11.3 Å². The van der Waals surface area contributed by atoms with Crippen molar-refractivity contribution in [1.82, 2.24) is 0 Å². The van der Waals surface area contributed by atoms with Gasteiger partial charge >= 0.3 is 0 Å². The predicted octanol–water partition coefficient (Wildman–Crippen LogP) is 10.6. The molecule has 1 N–H and O–H groups in total. The van der Waals surface area contributed by atoms with E-state index >= 15 is 0 Å². The maximum absolute atomic E-state index is 3.53. The molecule has 0 saturated heterocycles. The molecule has 0 aliphatic heterocycles. The molecular weight excluding hydrogens is 466 g/mol. The lowest BCUT2D eigenvalue weighted by molar-refractivity contribution is 1.45. The number of hydrogen-bond acceptors (Lipinski definition) is 2. The van der Waals surface area contributed by atoms with E-state index in [0.717, 1.165) is 11.4 Å². The summed E-state index contributed by atoms with van der Waals surface area (Å²) in [5.74, 6) is 0. The van der Waals surface area contributed by atoms with Crippen LogP contribution >= 0.6 is 11.3 Å². The van der Waals surface area contributed by atoms with Crippen LogP contribution in [0.4, 0.5) is 11.4 Å². The van der Waals surface area contributed by atoms with Gasteiger partial charge in [-0.1, -0.05) is 96.6 Å². The van der Waals surface area contributed by atoms with Gasteiger partial charge in [0, 0.05) is 36.9 Å². The van der Waals surface area contributed by atoms with Gasteiger partial charge in [0.2, 0.25) is 0 Å². The number of benzene rings is 6. The van der Waals surface area contributed by atoms with Crippen LogP contribution in [0.2, 0.25) is 0 Å². The van der Waals surface area contributed by atoms with Gasteiger partial charge in [-0.25, -0.2) is 0 Å². The minimum absolute atomic E-state index is 1.09. The van der Waals surface area contributed by atoms with E-state index in [9.17, 15) is 0 Å². The molecule has 6 aromatic carbocycles. The lowest BCUT2D eigenvalue weighted by Crippen LogP contribution is -1.90. The summed E-state index contributed by atoms with van der Waals surface area (Å²) in [7, 11) is 0. The van der Waals surface area contributed by atoms with Crippen LogP contribution in [-0.4, -0.2) is 0 Å². The number of anilines is 2. The van der Waals surface area contributed by atoms with E-state index in [4.69, 9.17) is 0 Å². The summed E-state index contributed by atoms with van der Waals surface area (Å²) in [6, 6.07) is 46.1. The van der Waals surface area contributed by atoms with E-state index in [1.165, 1.54) is 58.8 Å². The summed E-state index contributed by atoms with van der Waals surface area (Å²) in [6.45, 7) is 2.11. The number of thiophene rings is 1. The SMILES string of the molecule is Cc1ccc(Nc2cccc(-c3ccc(-c4cc5c6ccccc6sc5c5ccccc45)cc3)c2)cc1. The Bertz CT molecular complexity index is 1890. The Balaban J connectivity index is 1.28. The Morgan fingerprint density at radius 2 is 1.19 bits per heavy atom. The van der Waals surface area contributed by atoms with Crippen molar-refractivity contribution in [3.63, 3.8) is 0 Å². The first-order valence-corrected chi connectivity index (χ1v) is 13.4. The zero-order valence-corrected chi connectivity index (χ0v) is 21.3. The van der Waals surface area contributed by atoms with Crippen LogP contribution in [0.25, 0.3) is 53.2 Å². The van der Waals surface area contributed by atoms with Crippen molar-refractivity contribution in [1.29, 1.82) is 0 Å². The predicted molar refractivity (Wildman–Crippen MR) is 162 cm³/mol. The van der Waals surface area contributed by atoms with E-state index in [0.29, 0.717) is 0 Å². The van der Waals surface area contributed by atoms with Gasteiger partial charge in [0.15, 0.2) is 0 Å². The number of nitrogens with one attached hydrogen (secondary N) is 1. The van der Waals surface area contributed by atoms with Crippen LogP contribution in [0, 0.1) is 6.92 Å². The first kappa shape index (κ1) is 21.8. The second-order valence-corrected chi connectivity index (χ2v) is 10.6.